The molecule has 0 fully saturated rings. The molecular formula is C22H25N5O3. The van der Waals surface area contributed by atoms with E-state index in [1.54, 1.807) is 30.3 Å². The second-order valence-electron chi connectivity index (χ2n) is 7.70. The van der Waals surface area contributed by atoms with Crippen LogP contribution in [0.5, 0.6) is 11.5 Å². The van der Waals surface area contributed by atoms with Crippen molar-refractivity contribution >= 4 is 11.7 Å². The van der Waals surface area contributed by atoms with Crippen molar-refractivity contribution in [3.63, 3.8) is 0 Å². The number of hydrogen-bond donors (Lipinski definition) is 1. The summed E-state index contributed by atoms with van der Waals surface area (Å²) in [6.45, 7) is 6.66. The van der Waals surface area contributed by atoms with Gasteiger partial charge in [-0.2, -0.15) is 9.78 Å². The Morgan fingerprint density at radius 2 is 2.00 bits per heavy atom. The van der Waals surface area contributed by atoms with Crippen molar-refractivity contribution in [2.45, 2.75) is 33.1 Å². The van der Waals surface area contributed by atoms with E-state index in [-0.39, 0.29) is 11.8 Å². The number of methoxy groups -OCH3 is 1. The zero-order valence-electron chi connectivity index (χ0n) is 17.5. The highest BCUT2D eigenvalue weighted by Crippen LogP contribution is 2.45. The summed E-state index contributed by atoms with van der Waals surface area (Å²) in [7, 11) is 1.62. The normalized spacial score (nSPS) is 15.6. The summed E-state index contributed by atoms with van der Waals surface area (Å²) >= 11 is 0. The first-order chi connectivity index (χ1) is 14.5. The van der Waals surface area contributed by atoms with Crippen molar-refractivity contribution in [3.05, 3.63) is 53.5 Å². The van der Waals surface area contributed by atoms with Gasteiger partial charge in [0, 0.05) is 35.9 Å². The van der Waals surface area contributed by atoms with Crippen molar-refractivity contribution in [2.75, 3.05) is 19.0 Å². The summed E-state index contributed by atoms with van der Waals surface area (Å²) in [5.41, 5.74) is 2.65. The Morgan fingerprint density at radius 3 is 2.70 bits per heavy atom. The van der Waals surface area contributed by atoms with E-state index in [0.717, 1.165) is 16.8 Å². The van der Waals surface area contributed by atoms with Crippen LogP contribution in [0.2, 0.25) is 0 Å². The van der Waals surface area contributed by atoms with Gasteiger partial charge in [0.15, 0.2) is 11.5 Å². The van der Waals surface area contributed by atoms with Crippen LogP contribution in [0, 0.1) is 12.8 Å². The number of anilines is 1. The number of benzene rings is 1. The van der Waals surface area contributed by atoms with Gasteiger partial charge < -0.3 is 14.8 Å². The maximum atomic E-state index is 12.7. The van der Waals surface area contributed by atoms with Gasteiger partial charge in [-0.05, 0) is 25.0 Å². The number of nitrogens with zero attached hydrogens (tertiary/aromatic N) is 4. The van der Waals surface area contributed by atoms with Crippen LogP contribution in [0.15, 0.2) is 36.7 Å². The predicted octanol–water partition coefficient (Wildman–Crippen LogP) is 3.49. The molecule has 0 saturated heterocycles. The van der Waals surface area contributed by atoms with E-state index in [1.165, 1.54) is 0 Å². The van der Waals surface area contributed by atoms with Gasteiger partial charge in [0.25, 0.3) is 5.95 Å². The van der Waals surface area contributed by atoms with E-state index < -0.39 is 0 Å². The van der Waals surface area contributed by atoms with E-state index in [1.807, 2.05) is 25.1 Å². The van der Waals surface area contributed by atoms with Crippen LogP contribution in [0.3, 0.4) is 0 Å². The van der Waals surface area contributed by atoms with Crippen LogP contribution < -0.4 is 14.8 Å². The molecule has 30 heavy (non-hydrogen) atoms. The quantitative estimate of drug-likeness (QED) is 0.673. The second kappa shape index (κ2) is 8.14. The number of fused-ring (bicyclic) bond motifs is 1. The smallest absolute Gasteiger partial charge is 0.252 e. The Morgan fingerprint density at radius 1 is 1.23 bits per heavy atom. The zero-order chi connectivity index (χ0) is 21.3. The molecule has 4 rings (SSSR count). The van der Waals surface area contributed by atoms with Gasteiger partial charge in [0.05, 0.1) is 19.4 Å². The molecule has 1 aromatic carbocycles. The molecule has 0 saturated carbocycles. The first-order valence-corrected chi connectivity index (χ1v) is 9.96. The molecule has 1 atom stereocenters. The molecule has 8 heteroatoms. The minimum absolute atomic E-state index is 0.0952. The molecule has 1 aliphatic heterocycles. The van der Waals surface area contributed by atoms with E-state index in [0.29, 0.717) is 42.2 Å². The number of aryl methyl sites for hydroxylation is 1. The van der Waals surface area contributed by atoms with E-state index in [4.69, 9.17) is 9.47 Å². The number of amides is 1. The van der Waals surface area contributed by atoms with Gasteiger partial charge in [-0.15, -0.1) is 0 Å². The molecule has 8 nitrogen and oxygen atoms in total. The Bertz CT molecular complexity index is 1060. The first-order valence-electron chi connectivity index (χ1n) is 9.96. The monoisotopic (exact) mass is 407 g/mol. The lowest BCUT2D eigenvalue weighted by Gasteiger charge is -2.26. The molecule has 0 aliphatic carbocycles. The van der Waals surface area contributed by atoms with E-state index in [9.17, 15) is 4.79 Å². The average molecular weight is 407 g/mol. The molecule has 0 spiro atoms. The zero-order valence-corrected chi connectivity index (χ0v) is 17.5. The van der Waals surface area contributed by atoms with Crippen LogP contribution in [-0.4, -0.2) is 39.4 Å². The molecule has 2 aromatic heterocycles. The highest BCUT2D eigenvalue weighted by atomic mass is 16.5. The summed E-state index contributed by atoms with van der Waals surface area (Å²) in [5.74, 6) is 2.36. The third-order valence-corrected chi connectivity index (χ3v) is 5.01. The van der Waals surface area contributed by atoms with Crippen LogP contribution >= 0.6 is 0 Å². The number of ether oxygens (including phenoxy) is 2. The summed E-state index contributed by atoms with van der Waals surface area (Å²) < 4.78 is 13.3. The molecule has 0 radical (unpaired) electrons. The molecule has 1 aliphatic rings. The van der Waals surface area contributed by atoms with Crippen molar-refractivity contribution in [3.8, 4) is 17.4 Å². The van der Waals surface area contributed by atoms with Crippen molar-refractivity contribution in [1.29, 1.82) is 0 Å². The topological polar surface area (TPSA) is 91.2 Å². The van der Waals surface area contributed by atoms with Gasteiger partial charge in [-0.25, -0.2) is 9.97 Å². The Balaban J connectivity index is 1.85. The van der Waals surface area contributed by atoms with Crippen LogP contribution in [0.1, 0.15) is 43.0 Å². The summed E-state index contributed by atoms with van der Waals surface area (Å²) in [6.07, 6.45) is 3.59. The molecular weight excluding hydrogens is 382 g/mol. The number of nitrogens with one attached hydrogen (secondary N) is 1. The highest BCUT2D eigenvalue weighted by Gasteiger charge is 2.35. The number of carbonyl (C=O) groups is 1. The molecule has 1 amide bonds. The minimum Gasteiger partial charge on any atom is -0.493 e. The lowest BCUT2D eigenvalue weighted by atomic mass is 9.85. The van der Waals surface area contributed by atoms with Crippen molar-refractivity contribution in [1.82, 2.24) is 19.7 Å². The Labute approximate surface area is 175 Å². The van der Waals surface area contributed by atoms with Crippen LogP contribution in [0.4, 0.5) is 5.82 Å². The molecule has 0 bridgehead atoms. The van der Waals surface area contributed by atoms with Gasteiger partial charge in [-0.1, -0.05) is 26.0 Å². The number of carbonyl (C=O) groups excluding carboxylic acids is 1. The van der Waals surface area contributed by atoms with Crippen LogP contribution in [0.25, 0.3) is 5.95 Å². The fraction of sp³-hybridized carbons (Fsp3) is 0.364. The minimum atomic E-state index is -0.219. The summed E-state index contributed by atoms with van der Waals surface area (Å²) in [4.78, 5) is 21.2. The highest BCUT2D eigenvalue weighted by molar-refractivity contribution is 5.95. The standard InChI is InChI=1S/C22H25N5O3/c1-13(2)12-30-20-15(7-5-8-17(20)29-4)16-11-18(28)25-21-19(16)14(3)26-27(21)22-23-9-6-10-24-22/h5-10,13,16H,11-12H2,1-4H3,(H,25,28)/t16-/m0/s1. The first kappa shape index (κ1) is 19.9. The lowest BCUT2D eigenvalue weighted by molar-refractivity contribution is -0.116. The Hall–Kier alpha value is -3.42. The summed E-state index contributed by atoms with van der Waals surface area (Å²) in [5, 5.41) is 7.58. The number of para-hydroxylation sites is 1. The fourth-order valence-electron chi connectivity index (χ4n) is 3.73. The second-order valence-corrected chi connectivity index (χ2v) is 7.70. The SMILES string of the molecule is COc1cccc([C@@H]2CC(=O)Nc3c2c(C)nn3-c2ncccn2)c1OCC(C)C. The largest absolute Gasteiger partial charge is 0.493 e. The van der Waals surface area contributed by atoms with Gasteiger partial charge in [-0.3, -0.25) is 4.79 Å². The maximum Gasteiger partial charge on any atom is 0.252 e. The van der Waals surface area contributed by atoms with E-state index >= 15 is 0 Å². The Kier molecular flexibility index (Phi) is 5.39. The van der Waals surface area contributed by atoms with Crippen molar-refractivity contribution in [2.24, 2.45) is 5.92 Å². The molecule has 1 N–H and O–H groups in total. The van der Waals surface area contributed by atoms with Gasteiger partial charge >= 0.3 is 0 Å². The molecule has 3 aromatic rings. The number of aromatic nitrogens is 4. The van der Waals surface area contributed by atoms with Crippen LogP contribution in [-0.2, 0) is 4.79 Å². The lowest BCUT2D eigenvalue weighted by Crippen LogP contribution is -2.25. The summed E-state index contributed by atoms with van der Waals surface area (Å²) in [6, 6.07) is 7.52. The molecule has 156 valence electrons. The maximum absolute atomic E-state index is 12.7. The van der Waals surface area contributed by atoms with Crippen molar-refractivity contribution < 1.29 is 14.3 Å². The average Bonchev–Trinajstić information content (AvgIpc) is 3.08. The molecule has 3 heterocycles. The number of hydrogen-bond acceptors (Lipinski definition) is 6. The third-order valence-electron chi connectivity index (χ3n) is 5.01. The van der Waals surface area contributed by atoms with E-state index in [2.05, 4.69) is 34.2 Å². The van der Waals surface area contributed by atoms with Gasteiger partial charge in [0.1, 0.15) is 5.82 Å². The number of rotatable bonds is 6. The third kappa shape index (κ3) is 3.60. The fourth-order valence-corrected chi connectivity index (χ4v) is 3.73. The predicted molar refractivity (Wildman–Crippen MR) is 112 cm³/mol. The molecule has 0 unspecified atom stereocenters. The van der Waals surface area contributed by atoms with Gasteiger partial charge in [0.2, 0.25) is 5.91 Å².